The van der Waals surface area contributed by atoms with Crippen molar-refractivity contribution in [2.75, 3.05) is 25.4 Å². The number of benzene rings is 2. The summed E-state index contributed by atoms with van der Waals surface area (Å²) in [6, 6.07) is 12.8. The minimum Gasteiger partial charge on any atom is -0.490 e. The van der Waals surface area contributed by atoms with E-state index in [1.54, 1.807) is 18.2 Å². The molecule has 1 heterocycles. The zero-order valence-electron chi connectivity index (χ0n) is 21.7. The van der Waals surface area contributed by atoms with Gasteiger partial charge in [-0.25, -0.2) is 13.1 Å². The lowest BCUT2D eigenvalue weighted by atomic mass is 10.0. The lowest BCUT2D eigenvalue weighted by Crippen LogP contribution is -2.35. The average molecular weight is 524 g/mol. The second-order valence-corrected chi connectivity index (χ2v) is 11.2. The minimum atomic E-state index is -3.43. The van der Waals surface area contributed by atoms with Crippen LogP contribution in [0.5, 0.6) is 5.75 Å². The van der Waals surface area contributed by atoms with E-state index in [9.17, 15) is 13.7 Å². The summed E-state index contributed by atoms with van der Waals surface area (Å²) in [5.41, 5.74) is 3.79. The molecule has 2 aromatic carbocycles. The molecule has 0 aliphatic heterocycles. The molecule has 4 rings (SSSR count). The third-order valence-electron chi connectivity index (χ3n) is 6.54. The van der Waals surface area contributed by atoms with Gasteiger partial charge in [-0.15, -0.1) is 0 Å². The quantitative estimate of drug-likeness (QED) is 0.395. The van der Waals surface area contributed by atoms with Crippen LogP contribution in [0.4, 0.5) is 0 Å². The number of nitriles is 1. The monoisotopic (exact) mass is 523 g/mol. The highest BCUT2D eigenvalue weighted by Crippen LogP contribution is 2.38. The predicted molar refractivity (Wildman–Crippen MR) is 141 cm³/mol. The molecule has 3 aromatic rings. The van der Waals surface area contributed by atoms with E-state index in [1.807, 2.05) is 45.9 Å². The van der Waals surface area contributed by atoms with Crippen LogP contribution in [-0.2, 0) is 16.4 Å². The Kier molecular flexibility index (Phi) is 8.27. The normalized spacial score (nSPS) is 15.2. The van der Waals surface area contributed by atoms with E-state index in [1.165, 1.54) is 0 Å². The van der Waals surface area contributed by atoms with E-state index in [0.29, 0.717) is 48.0 Å². The second kappa shape index (κ2) is 11.4. The summed E-state index contributed by atoms with van der Waals surface area (Å²) in [5.74, 6) is 1.30. The van der Waals surface area contributed by atoms with Gasteiger partial charge >= 0.3 is 0 Å². The fourth-order valence-electron chi connectivity index (χ4n) is 4.61. The van der Waals surface area contributed by atoms with Crippen molar-refractivity contribution >= 4 is 10.0 Å². The zero-order valence-corrected chi connectivity index (χ0v) is 22.5. The molecule has 1 N–H and O–H groups in total. The molecule has 0 amide bonds. The van der Waals surface area contributed by atoms with Gasteiger partial charge in [0.1, 0.15) is 11.8 Å². The molecule has 0 fully saturated rings. The van der Waals surface area contributed by atoms with Crippen molar-refractivity contribution in [1.29, 1.82) is 5.26 Å². The Balaban J connectivity index is 1.54. The van der Waals surface area contributed by atoms with Gasteiger partial charge in [-0.05, 0) is 69.1 Å². The number of nitrogens with zero attached hydrogens (tertiary/aromatic N) is 4. The summed E-state index contributed by atoms with van der Waals surface area (Å²) in [6.07, 6.45) is 1.33. The van der Waals surface area contributed by atoms with E-state index < -0.39 is 10.0 Å². The highest BCUT2D eigenvalue weighted by molar-refractivity contribution is 7.89. The van der Waals surface area contributed by atoms with E-state index in [2.05, 4.69) is 25.8 Å². The second-order valence-electron chi connectivity index (χ2n) is 9.34. The highest BCUT2D eigenvalue weighted by Gasteiger charge is 2.29. The van der Waals surface area contributed by atoms with Gasteiger partial charge in [-0.3, -0.25) is 0 Å². The number of sulfonamides is 1. The van der Waals surface area contributed by atoms with Crippen LogP contribution in [0.25, 0.3) is 22.8 Å². The summed E-state index contributed by atoms with van der Waals surface area (Å²) < 4.78 is 39.7. The Morgan fingerprint density at radius 2 is 2.03 bits per heavy atom. The number of aromatic nitrogens is 2. The number of rotatable bonds is 11. The largest absolute Gasteiger partial charge is 0.490 e. The van der Waals surface area contributed by atoms with E-state index in [-0.39, 0.29) is 17.9 Å². The summed E-state index contributed by atoms with van der Waals surface area (Å²) in [5, 5.41) is 13.7. The van der Waals surface area contributed by atoms with Crippen LogP contribution in [0.3, 0.4) is 0 Å². The average Bonchev–Trinajstić information content (AvgIpc) is 3.52. The number of hydrogen-bond acceptors (Lipinski definition) is 8. The molecule has 0 saturated heterocycles. The Bertz CT molecular complexity index is 1390. The van der Waals surface area contributed by atoms with Gasteiger partial charge in [-0.1, -0.05) is 37.2 Å². The molecule has 1 atom stereocenters. The van der Waals surface area contributed by atoms with Crippen molar-refractivity contribution in [1.82, 2.24) is 19.8 Å². The smallest absolute Gasteiger partial charge is 0.258 e. The molecule has 10 heteroatoms. The van der Waals surface area contributed by atoms with Crippen LogP contribution in [0.1, 0.15) is 56.8 Å². The summed E-state index contributed by atoms with van der Waals surface area (Å²) >= 11 is 0. The molecule has 1 aromatic heterocycles. The number of ether oxygens (including phenoxy) is 1. The Morgan fingerprint density at radius 3 is 2.73 bits per heavy atom. The number of hydrogen-bond donors (Lipinski definition) is 1. The van der Waals surface area contributed by atoms with E-state index in [4.69, 9.17) is 9.26 Å². The summed E-state index contributed by atoms with van der Waals surface area (Å²) in [6.45, 7) is 10.0. The van der Waals surface area contributed by atoms with Gasteiger partial charge in [0.25, 0.3) is 5.89 Å². The maximum absolute atomic E-state index is 12.8. The molecule has 0 radical (unpaired) electrons. The van der Waals surface area contributed by atoms with Crippen molar-refractivity contribution in [2.24, 2.45) is 0 Å². The van der Waals surface area contributed by atoms with Crippen LogP contribution < -0.4 is 9.46 Å². The van der Waals surface area contributed by atoms with Crippen LogP contribution in [0.15, 0.2) is 40.9 Å². The maximum Gasteiger partial charge on any atom is 0.258 e. The van der Waals surface area contributed by atoms with Crippen LogP contribution in [0, 0.1) is 11.3 Å². The van der Waals surface area contributed by atoms with Crippen LogP contribution >= 0.6 is 0 Å². The molecule has 1 aliphatic carbocycles. The predicted octanol–water partition coefficient (Wildman–Crippen LogP) is 4.31. The van der Waals surface area contributed by atoms with Crippen molar-refractivity contribution in [3.8, 4) is 34.7 Å². The van der Waals surface area contributed by atoms with Crippen molar-refractivity contribution < 1.29 is 17.7 Å². The van der Waals surface area contributed by atoms with Crippen LogP contribution in [0.2, 0.25) is 0 Å². The first-order chi connectivity index (χ1) is 17.7. The maximum atomic E-state index is 12.8. The molecular weight excluding hydrogens is 490 g/mol. The molecular formula is C27H33N5O4S. The Hall–Kier alpha value is -3.26. The molecule has 196 valence electrons. The molecule has 0 bridgehead atoms. The van der Waals surface area contributed by atoms with Crippen molar-refractivity contribution in [3.05, 3.63) is 53.1 Å². The fraction of sp³-hybridized carbons (Fsp3) is 0.444. The summed E-state index contributed by atoms with van der Waals surface area (Å²) in [4.78, 5) is 6.68. The van der Waals surface area contributed by atoms with Crippen LogP contribution in [-0.4, -0.2) is 54.9 Å². The SMILES string of the molecule is CCN(CC)CCS(=O)(=O)NC1CCc2c(-c3noc(-c4ccc(OC(C)C)c(C#N)c4)n3)cccc21. The molecule has 1 unspecified atom stereocenters. The van der Waals surface area contributed by atoms with Crippen molar-refractivity contribution in [2.45, 2.75) is 52.7 Å². The molecule has 37 heavy (non-hydrogen) atoms. The topological polar surface area (TPSA) is 121 Å². The Labute approximate surface area is 218 Å². The molecule has 0 spiro atoms. The first-order valence-electron chi connectivity index (χ1n) is 12.6. The van der Waals surface area contributed by atoms with Gasteiger partial charge in [0.2, 0.25) is 15.8 Å². The zero-order chi connectivity index (χ0) is 26.6. The van der Waals surface area contributed by atoms with Gasteiger partial charge in [0.15, 0.2) is 0 Å². The number of fused-ring (bicyclic) bond motifs is 1. The van der Waals surface area contributed by atoms with Gasteiger partial charge in [0.05, 0.1) is 17.4 Å². The van der Waals surface area contributed by atoms with Gasteiger partial charge in [0, 0.05) is 23.7 Å². The molecule has 1 aliphatic rings. The van der Waals surface area contributed by atoms with E-state index in [0.717, 1.165) is 29.8 Å². The van der Waals surface area contributed by atoms with Crippen molar-refractivity contribution in [3.63, 3.8) is 0 Å². The first-order valence-corrected chi connectivity index (χ1v) is 14.3. The van der Waals surface area contributed by atoms with Gasteiger partial charge in [-0.2, -0.15) is 10.2 Å². The summed E-state index contributed by atoms with van der Waals surface area (Å²) in [7, 11) is -3.43. The third-order valence-corrected chi connectivity index (χ3v) is 7.90. The van der Waals surface area contributed by atoms with E-state index >= 15 is 0 Å². The van der Waals surface area contributed by atoms with Gasteiger partial charge < -0.3 is 14.2 Å². The third kappa shape index (κ3) is 6.18. The first kappa shape index (κ1) is 26.8. The Morgan fingerprint density at radius 1 is 1.24 bits per heavy atom. The minimum absolute atomic E-state index is 0.0520. The lowest BCUT2D eigenvalue weighted by Gasteiger charge is -2.19. The lowest BCUT2D eigenvalue weighted by molar-refractivity contribution is 0.241. The highest BCUT2D eigenvalue weighted by atomic mass is 32.2. The standard InChI is InChI=1S/C27H33N5O4S/c1-5-32(6-2)14-15-37(33,34)31-24-12-11-21-22(24)8-7-9-23(21)26-29-27(36-30-26)19-10-13-25(35-18(3)4)20(16-19)17-28/h7-10,13,16,18,24,31H,5-6,11-12,14-15H2,1-4H3. The molecule has 0 saturated carbocycles. The fourth-order valence-corrected chi connectivity index (χ4v) is 5.90. The number of nitrogens with one attached hydrogen (secondary N) is 1. The molecule has 9 nitrogen and oxygen atoms in total.